The van der Waals surface area contributed by atoms with E-state index in [1.807, 2.05) is 66.7 Å². The molecule has 2 amide bonds. The van der Waals surface area contributed by atoms with Crippen molar-refractivity contribution in [2.24, 2.45) is 11.8 Å². The quantitative estimate of drug-likeness (QED) is 0.146. The molecule has 0 heterocycles. The number of allylic oxidation sites excluding steroid dienone is 2. The molecule has 0 aliphatic rings. The van der Waals surface area contributed by atoms with Crippen molar-refractivity contribution in [3.63, 3.8) is 0 Å². The van der Waals surface area contributed by atoms with E-state index in [9.17, 15) is 19.5 Å². The van der Waals surface area contributed by atoms with Gasteiger partial charge in [-0.2, -0.15) is 0 Å². The van der Waals surface area contributed by atoms with Gasteiger partial charge in [0, 0.05) is 12.5 Å². The third-order valence-corrected chi connectivity index (χ3v) is 6.45. The van der Waals surface area contributed by atoms with Gasteiger partial charge in [0.15, 0.2) is 0 Å². The Kier molecular flexibility index (Phi) is 14.3. The van der Waals surface area contributed by atoms with Crippen LogP contribution in [0.5, 0.6) is 0 Å². The highest BCUT2D eigenvalue weighted by Gasteiger charge is 2.27. The van der Waals surface area contributed by atoms with E-state index >= 15 is 0 Å². The maximum atomic E-state index is 13.4. The molecule has 39 heavy (non-hydrogen) atoms. The summed E-state index contributed by atoms with van der Waals surface area (Å²) in [6.07, 6.45) is 5.88. The number of unbranched alkanes of at least 4 members (excludes halogenated alkanes) is 1. The van der Waals surface area contributed by atoms with Gasteiger partial charge in [-0.3, -0.25) is 14.4 Å². The summed E-state index contributed by atoms with van der Waals surface area (Å²) in [5, 5.41) is 14.7. The predicted octanol–water partition coefficient (Wildman–Crippen LogP) is 4.68. The first-order valence-corrected chi connectivity index (χ1v) is 13.6. The molecule has 210 valence electrons. The van der Waals surface area contributed by atoms with Gasteiger partial charge in [-0.05, 0) is 50.2 Å². The van der Waals surface area contributed by atoms with Crippen molar-refractivity contribution in [2.75, 3.05) is 13.2 Å². The summed E-state index contributed by atoms with van der Waals surface area (Å²) in [6, 6.07) is 18.8. The zero-order valence-electron chi connectivity index (χ0n) is 22.9. The summed E-state index contributed by atoms with van der Waals surface area (Å²) >= 11 is 0. The van der Waals surface area contributed by atoms with Gasteiger partial charge < -0.3 is 20.5 Å². The van der Waals surface area contributed by atoms with Crippen LogP contribution >= 0.6 is 0 Å². The minimum atomic E-state index is -0.687. The van der Waals surface area contributed by atoms with Crippen LogP contribution in [-0.4, -0.2) is 42.1 Å². The number of benzene rings is 2. The number of aliphatic hydroxyl groups excluding tert-OH is 1. The molecule has 2 rings (SSSR count). The molecule has 3 N–H and O–H groups in total. The average Bonchev–Trinajstić information content (AvgIpc) is 2.95. The van der Waals surface area contributed by atoms with Crippen LogP contribution in [0.2, 0.25) is 0 Å². The Labute approximate surface area is 232 Å². The Hall–Kier alpha value is -3.71. The van der Waals surface area contributed by atoms with Crippen molar-refractivity contribution >= 4 is 17.8 Å². The molecular weight excluding hydrogens is 492 g/mol. The van der Waals surface area contributed by atoms with E-state index in [0.717, 1.165) is 24.0 Å². The number of aliphatic hydroxyl groups is 1. The minimum Gasteiger partial charge on any atom is -0.455 e. The van der Waals surface area contributed by atoms with Crippen LogP contribution in [0.1, 0.15) is 56.3 Å². The molecule has 7 heteroatoms. The molecule has 0 saturated carbocycles. The Morgan fingerprint density at radius 2 is 1.64 bits per heavy atom. The number of esters is 1. The predicted molar refractivity (Wildman–Crippen MR) is 154 cm³/mol. The molecule has 0 aliphatic heterocycles. The van der Waals surface area contributed by atoms with Crippen molar-refractivity contribution in [3.8, 4) is 0 Å². The summed E-state index contributed by atoms with van der Waals surface area (Å²) in [7, 11) is 0. The summed E-state index contributed by atoms with van der Waals surface area (Å²) in [4.78, 5) is 38.8. The number of hydrogen-bond acceptors (Lipinski definition) is 5. The van der Waals surface area contributed by atoms with E-state index in [1.54, 1.807) is 13.0 Å². The summed E-state index contributed by atoms with van der Waals surface area (Å²) in [5.41, 5.74) is 1.83. The minimum absolute atomic E-state index is 0.0412. The summed E-state index contributed by atoms with van der Waals surface area (Å²) in [6.45, 7) is 9.05. The first kappa shape index (κ1) is 31.5. The van der Waals surface area contributed by atoms with Crippen LogP contribution in [0.3, 0.4) is 0 Å². The second-order valence-corrected chi connectivity index (χ2v) is 9.76. The smallest absolute Gasteiger partial charge is 0.309 e. The lowest BCUT2D eigenvalue weighted by Gasteiger charge is -2.24. The molecule has 0 fully saturated rings. The third kappa shape index (κ3) is 11.7. The van der Waals surface area contributed by atoms with Crippen LogP contribution in [-0.2, 0) is 25.5 Å². The van der Waals surface area contributed by atoms with Crippen LogP contribution in [0.15, 0.2) is 86.0 Å². The lowest BCUT2D eigenvalue weighted by molar-refractivity contribution is -0.155. The van der Waals surface area contributed by atoms with E-state index in [2.05, 4.69) is 23.8 Å². The standard InChI is InChI=1S/C32H42N2O5/c1-4-6-9-19-28(20-25-15-10-7-11-16-25)32(38)39-29(26-17-12-8-13-18-26)22-33-31(37)27(14-5-2)21-30(36)34-24(3)23-35/h4-5,7-8,10-13,15-18,24,27-29,35H,1-2,6,9,14,19-23H2,3H3,(H,33,37)(H,34,36)/t24-,27+,28+,29-/m0/s1. The lowest BCUT2D eigenvalue weighted by Crippen LogP contribution is -2.40. The highest BCUT2D eigenvalue weighted by molar-refractivity contribution is 5.86. The van der Waals surface area contributed by atoms with E-state index in [-0.39, 0.29) is 43.3 Å². The normalized spacial score (nSPS) is 13.8. The van der Waals surface area contributed by atoms with E-state index < -0.39 is 18.1 Å². The molecule has 0 saturated heterocycles. The van der Waals surface area contributed by atoms with E-state index in [1.165, 1.54) is 0 Å². The molecule has 0 aromatic heterocycles. The first-order chi connectivity index (χ1) is 18.9. The Balaban J connectivity index is 2.13. The number of carbonyl (C=O) groups excluding carboxylic acids is 3. The first-order valence-electron chi connectivity index (χ1n) is 13.6. The molecular formula is C32H42N2O5. The van der Waals surface area contributed by atoms with Crippen LogP contribution in [0.4, 0.5) is 0 Å². The number of rotatable bonds is 18. The van der Waals surface area contributed by atoms with Gasteiger partial charge in [-0.15, -0.1) is 13.2 Å². The van der Waals surface area contributed by atoms with E-state index in [4.69, 9.17) is 4.74 Å². The SMILES string of the molecule is C=CCCC[C@H](Cc1ccccc1)C(=O)O[C@@H](CNC(=O)[C@H](CC=C)CC(=O)N[C@@H](C)CO)c1ccccc1. The topological polar surface area (TPSA) is 105 Å². The molecule has 0 aliphatic carbocycles. The average molecular weight is 535 g/mol. The lowest BCUT2D eigenvalue weighted by atomic mass is 9.94. The number of amides is 2. The number of nitrogens with one attached hydrogen (secondary N) is 2. The Morgan fingerprint density at radius 1 is 0.974 bits per heavy atom. The van der Waals surface area contributed by atoms with E-state index in [0.29, 0.717) is 19.3 Å². The highest BCUT2D eigenvalue weighted by Crippen LogP contribution is 2.23. The monoisotopic (exact) mass is 534 g/mol. The number of ether oxygens (including phenoxy) is 1. The third-order valence-electron chi connectivity index (χ3n) is 6.45. The van der Waals surface area contributed by atoms with Gasteiger partial charge in [-0.1, -0.05) is 72.8 Å². The van der Waals surface area contributed by atoms with Gasteiger partial charge in [-0.25, -0.2) is 0 Å². The summed E-state index contributed by atoms with van der Waals surface area (Å²) in [5.74, 6) is -1.94. The van der Waals surface area contributed by atoms with Gasteiger partial charge in [0.25, 0.3) is 0 Å². The fourth-order valence-corrected chi connectivity index (χ4v) is 4.27. The molecule has 4 atom stereocenters. The van der Waals surface area contributed by atoms with Gasteiger partial charge in [0.05, 0.1) is 25.0 Å². The Morgan fingerprint density at radius 3 is 2.26 bits per heavy atom. The van der Waals surface area contributed by atoms with Gasteiger partial charge >= 0.3 is 5.97 Å². The van der Waals surface area contributed by atoms with Crippen LogP contribution in [0, 0.1) is 11.8 Å². The van der Waals surface area contributed by atoms with Gasteiger partial charge in [0.2, 0.25) is 11.8 Å². The molecule has 0 bridgehead atoms. The maximum absolute atomic E-state index is 13.4. The molecule has 7 nitrogen and oxygen atoms in total. The van der Waals surface area contributed by atoms with Crippen molar-refractivity contribution in [2.45, 2.75) is 57.6 Å². The summed E-state index contributed by atoms with van der Waals surface area (Å²) < 4.78 is 6.03. The van der Waals surface area contributed by atoms with Crippen molar-refractivity contribution in [3.05, 3.63) is 97.1 Å². The highest BCUT2D eigenvalue weighted by atomic mass is 16.5. The second kappa shape index (κ2) is 17.7. The fraction of sp³-hybridized carbons (Fsp3) is 0.406. The zero-order chi connectivity index (χ0) is 28.5. The molecule has 2 aromatic carbocycles. The van der Waals surface area contributed by atoms with Crippen LogP contribution < -0.4 is 10.6 Å². The van der Waals surface area contributed by atoms with Crippen molar-refractivity contribution < 1.29 is 24.2 Å². The largest absolute Gasteiger partial charge is 0.455 e. The molecule has 0 radical (unpaired) electrons. The molecule has 2 aromatic rings. The van der Waals surface area contributed by atoms with Crippen molar-refractivity contribution in [1.29, 1.82) is 0 Å². The Bertz CT molecular complexity index is 1040. The van der Waals surface area contributed by atoms with Crippen LogP contribution in [0.25, 0.3) is 0 Å². The zero-order valence-corrected chi connectivity index (χ0v) is 22.9. The van der Waals surface area contributed by atoms with Gasteiger partial charge in [0.1, 0.15) is 6.10 Å². The molecule has 0 unspecified atom stereocenters. The number of hydrogen-bond donors (Lipinski definition) is 3. The second-order valence-electron chi connectivity index (χ2n) is 9.76. The van der Waals surface area contributed by atoms with Crippen molar-refractivity contribution in [1.82, 2.24) is 10.6 Å². The maximum Gasteiger partial charge on any atom is 0.309 e. The molecule has 0 spiro atoms. The fourth-order valence-electron chi connectivity index (χ4n) is 4.27. The number of carbonyl (C=O) groups is 3.